The van der Waals surface area contributed by atoms with Gasteiger partial charge >= 0.3 is 0 Å². The largest absolute Gasteiger partial charge is 0.306 e. The maximum absolute atomic E-state index is 12.8. The molecule has 1 aromatic carbocycles. The minimum absolute atomic E-state index is 0.00806. The van der Waals surface area contributed by atoms with Crippen LogP contribution in [0.4, 0.5) is 5.69 Å². The van der Waals surface area contributed by atoms with Gasteiger partial charge in [0.05, 0.1) is 24.1 Å². The lowest BCUT2D eigenvalue weighted by Crippen LogP contribution is -2.62. The zero-order chi connectivity index (χ0) is 17.3. The van der Waals surface area contributed by atoms with Gasteiger partial charge in [-0.05, 0) is 37.1 Å². The third-order valence-corrected chi connectivity index (χ3v) is 6.82. The number of sulfone groups is 1. The molecule has 0 aromatic heterocycles. The fourth-order valence-corrected chi connectivity index (χ4v) is 5.77. The molecule has 2 heterocycles. The van der Waals surface area contributed by atoms with Gasteiger partial charge < -0.3 is 4.90 Å². The summed E-state index contributed by atoms with van der Waals surface area (Å²) in [5.74, 6) is 0.244. The summed E-state index contributed by atoms with van der Waals surface area (Å²) in [7, 11) is -3.10. The van der Waals surface area contributed by atoms with Crippen LogP contribution >= 0.6 is 0 Å². The van der Waals surface area contributed by atoms with Crippen LogP contribution in [0.15, 0.2) is 24.3 Å². The van der Waals surface area contributed by atoms with E-state index >= 15 is 0 Å². The van der Waals surface area contributed by atoms with Crippen molar-refractivity contribution in [1.29, 1.82) is 0 Å². The lowest BCUT2D eigenvalue weighted by molar-refractivity contribution is -0.123. The van der Waals surface area contributed by atoms with Crippen LogP contribution in [0, 0.1) is 0 Å². The number of nitrogens with zero attached hydrogens (tertiary/aromatic N) is 2. The first-order valence-electron chi connectivity index (χ1n) is 8.80. The molecule has 1 amide bonds. The van der Waals surface area contributed by atoms with Crippen molar-refractivity contribution in [3.05, 3.63) is 29.8 Å². The zero-order valence-corrected chi connectivity index (χ0v) is 15.3. The van der Waals surface area contributed by atoms with Crippen LogP contribution in [-0.2, 0) is 21.1 Å². The Balaban J connectivity index is 1.91. The summed E-state index contributed by atoms with van der Waals surface area (Å²) in [6.45, 7) is 5.30. The molecule has 0 spiro atoms. The van der Waals surface area contributed by atoms with Crippen LogP contribution in [0.2, 0.25) is 0 Å². The fraction of sp³-hybridized carbons (Fsp3) is 0.611. The van der Waals surface area contributed by atoms with E-state index in [-0.39, 0.29) is 29.5 Å². The summed E-state index contributed by atoms with van der Waals surface area (Å²) >= 11 is 0. The second-order valence-corrected chi connectivity index (χ2v) is 8.97. The molecule has 2 saturated heterocycles. The van der Waals surface area contributed by atoms with Gasteiger partial charge in [-0.25, -0.2) is 8.42 Å². The fourth-order valence-electron chi connectivity index (χ4n) is 3.79. The molecular weight excluding hydrogens is 324 g/mol. The van der Waals surface area contributed by atoms with Crippen LogP contribution in [0.1, 0.15) is 32.3 Å². The molecule has 0 radical (unpaired) electrons. The molecule has 5 nitrogen and oxygen atoms in total. The van der Waals surface area contributed by atoms with Crippen molar-refractivity contribution >= 4 is 21.4 Å². The van der Waals surface area contributed by atoms with E-state index in [1.54, 1.807) is 4.90 Å². The maximum atomic E-state index is 12.8. The van der Waals surface area contributed by atoms with Gasteiger partial charge in [0.15, 0.2) is 9.84 Å². The van der Waals surface area contributed by atoms with Crippen LogP contribution in [0.3, 0.4) is 0 Å². The number of aryl methyl sites for hydroxylation is 1. The van der Waals surface area contributed by atoms with Crippen LogP contribution in [-0.4, -0.2) is 55.9 Å². The predicted octanol–water partition coefficient (Wildman–Crippen LogP) is 1.86. The number of fused-ring (bicyclic) bond motifs is 1. The molecule has 0 aliphatic carbocycles. The van der Waals surface area contributed by atoms with Crippen molar-refractivity contribution in [2.45, 2.75) is 45.2 Å². The first-order valence-corrected chi connectivity index (χ1v) is 10.6. The highest BCUT2D eigenvalue weighted by Gasteiger charge is 2.49. The van der Waals surface area contributed by atoms with E-state index < -0.39 is 9.84 Å². The van der Waals surface area contributed by atoms with Crippen LogP contribution in [0.5, 0.6) is 0 Å². The van der Waals surface area contributed by atoms with E-state index in [1.165, 1.54) is 5.56 Å². The molecule has 0 saturated carbocycles. The molecular formula is C18H26N2O3S. The highest BCUT2D eigenvalue weighted by atomic mass is 32.2. The van der Waals surface area contributed by atoms with Crippen molar-refractivity contribution in [1.82, 2.24) is 4.90 Å². The average Bonchev–Trinajstić information content (AvgIpc) is 2.88. The van der Waals surface area contributed by atoms with E-state index in [9.17, 15) is 13.2 Å². The van der Waals surface area contributed by atoms with Gasteiger partial charge in [-0.2, -0.15) is 0 Å². The number of piperazine rings is 1. The van der Waals surface area contributed by atoms with Crippen molar-refractivity contribution in [2.75, 3.05) is 29.5 Å². The van der Waals surface area contributed by atoms with Gasteiger partial charge in [-0.1, -0.05) is 32.4 Å². The van der Waals surface area contributed by atoms with Crippen molar-refractivity contribution in [3.8, 4) is 0 Å². The van der Waals surface area contributed by atoms with Gasteiger partial charge in [0.1, 0.15) is 0 Å². The quantitative estimate of drug-likeness (QED) is 0.813. The Hall–Kier alpha value is -1.40. The Kier molecular flexibility index (Phi) is 4.97. The number of hydrogen-bond donors (Lipinski definition) is 0. The summed E-state index contributed by atoms with van der Waals surface area (Å²) < 4.78 is 24.5. The molecule has 2 fully saturated rings. The Morgan fingerprint density at radius 3 is 2.38 bits per heavy atom. The minimum Gasteiger partial charge on any atom is -0.306 e. The number of unbranched alkanes of at least 4 members (excludes halogenated alkanes) is 1. The monoisotopic (exact) mass is 350 g/mol. The van der Waals surface area contributed by atoms with E-state index in [2.05, 4.69) is 18.7 Å². The second kappa shape index (κ2) is 6.84. The van der Waals surface area contributed by atoms with Gasteiger partial charge in [-0.3, -0.25) is 9.69 Å². The summed E-state index contributed by atoms with van der Waals surface area (Å²) in [5, 5.41) is 0. The summed E-state index contributed by atoms with van der Waals surface area (Å²) in [5.41, 5.74) is 2.03. The highest BCUT2D eigenvalue weighted by molar-refractivity contribution is 7.91. The van der Waals surface area contributed by atoms with Crippen molar-refractivity contribution in [2.24, 2.45) is 0 Å². The number of benzene rings is 1. The molecule has 2 aliphatic heterocycles. The minimum atomic E-state index is -3.10. The molecule has 24 heavy (non-hydrogen) atoms. The molecule has 0 unspecified atom stereocenters. The average molecular weight is 350 g/mol. The Morgan fingerprint density at radius 1 is 1.08 bits per heavy atom. The highest BCUT2D eigenvalue weighted by Crippen LogP contribution is 2.32. The Labute approximate surface area is 144 Å². The topological polar surface area (TPSA) is 57.7 Å². The molecule has 132 valence electrons. The van der Waals surface area contributed by atoms with E-state index in [0.717, 1.165) is 31.5 Å². The van der Waals surface area contributed by atoms with Gasteiger partial charge in [0.25, 0.3) is 0 Å². The molecule has 6 heteroatoms. The lowest BCUT2D eigenvalue weighted by atomic mass is 10.0. The third-order valence-electron chi connectivity index (χ3n) is 5.12. The van der Waals surface area contributed by atoms with Crippen LogP contribution < -0.4 is 4.90 Å². The zero-order valence-electron chi connectivity index (χ0n) is 14.4. The number of rotatable bonds is 5. The predicted molar refractivity (Wildman–Crippen MR) is 96.0 cm³/mol. The molecule has 0 N–H and O–H groups in total. The molecule has 0 bridgehead atoms. The van der Waals surface area contributed by atoms with Gasteiger partial charge in [-0.15, -0.1) is 0 Å². The molecule has 3 rings (SSSR count). The first-order chi connectivity index (χ1) is 11.4. The standard InChI is InChI=1S/C18H26N2O3S/c1-3-5-10-19-11-18(21)20(15-8-6-14(4-2)7-9-15)17-13-24(22,23)12-16(17)19/h6-9,16-17H,3-5,10-13H2,1-2H3/t16-,17+/m0/s1. The smallest absolute Gasteiger partial charge is 0.241 e. The summed E-state index contributed by atoms with van der Waals surface area (Å²) in [4.78, 5) is 16.6. The second-order valence-electron chi connectivity index (χ2n) is 6.82. The first kappa shape index (κ1) is 17.4. The van der Waals surface area contributed by atoms with Crippen molar-refractivity contribution in [3.63, 3.8) is 0 Å². The number of carbonyl (C=O) groups is 1. The Morgan fingerprint density at radius 2 is 1.75 bits per heavy atom. The number of carbonyl (C=O) groups excluding carboxylic acids is 1. The number of amides is 1. The summed E-state index contributed by atoms with van der Waals surface area (Å²) in [6, 6.07) is 7.58. The van der Waals surface area contributed by atoms with Gasteiger partial charge in [0.2, 0.25) is 5.91 Å². The number of hydrogen-bond acceptors (Lipinski definition) is 4. The lowest BCUT2D eigenvalue weighted by Gasteiger charge is -2.43. The Bertz CT molecular complexity index is 699. The number of anilines is 1. The van der Waals surface area contributed by atoms with E-state index in [4.69, 9.17) is 0 Å². The normalized spacial score (nSPS) is 26.6. The van der Waals surface area contributed by atoms with E-state index in [1.807, 2.05) is 24.3 Å². The van der Waals surface area contributed by atoms with Crippen LogP contribution in [0.25, 0.3) is 0 Å². The SMILES string of the molecule is CCCCN1CC(=O)N(c2ccc(CC)cc2)[C@@H]2CS(=O)(=O)C[C@@H]21. The van der Waals surface area contributed by atoms with E-state index in [0.29, 0.717) is 6.54 Å². The van der Waals surface area contributed by atoms with Crippen molar-refractivity contribution < 1.29 is 13.2 Å². The summed E-state index contributed by atoms with van der Waals surface area (Å²) in [6.07, 6.45) is 2.97. The maximum Gasteiger partial charge on any atom is 0.241 e. The molecule has 1 aromatic rings. The van der Waals surface area contributed by atoms with Gasteiger partial charge in [0, 0.05) is 11.7 Å². The molecule has 2 atom stereocenters. The molecule has 2 aliphatic rings. The third kappa shape index (κ3) is 3.35.